The summed E-state index contributed by atoms with van der Waals surface area (Å²) in [6, 6.07) is 0. The Hall–Kier alpha value is -1.22. The van der Waals surface area contributed by atoms with E-state index in [0.29, 0.717) is 0 Å². The van der Waals surface area contributed by atoms with E-state index in [1.807, 2.05) is 0 Å². The third-order valence-corrected chi connectivity index (χ3v) is 0.727. The summed E-state index contributed by atoms with van der Waals surface area (Å²) in [5, 5.41) is 0. The molecular weight excluding hydrogens is 229 g/mol. The molecule has 0 bridgehead atoms. The molecule has 0 aromatic heterocycles. The third-order valence-electron chi connectivity index (χ3n) is 0.727. The van der Waals surface area contributed by atoms with Gasteiger partial charge in [-0.05, 0) is 0 Å². The largest absolute Gasteiger partial charge is 0.517 e. The molecule has 0 aromatic carbocycles. The van der Waals surface area contributed by atoms with E-state index < -0.39 is 25.1 Å². The molecule has 0 radical (unpaired) electrons. The standard InChI is InChI=1S/C4HF7O3/c5-1(6)13-2(12)14-4(10,11)3(7,8)9/h1H. The maximum absolute atomic E-state index is 11.7. The van der Waals surface area contributed by atoms with E-state index in [9.17, 15) is 35.5 Å². The molecular formula is C4HF7O3. The van der Waals surface area contributed by atoms with Gasteiger partial charge >= 0.3 is 25.1 Å². The molecule has 0 saturated heterocycles. The number of hydrogen-bond donors (Lipinski definition) is 0. The maximum atomic E-state index is 11.7. The van der Waals surface area contributed by atoms with Crippen LogP contribution in [0.5, 0.6) is 0 Å². The minimum Gasteiger partial charge on any atom is -0.370 e. The van der Waals surface area contributed by atoms with E-state index in [1.165, 1.54) is 0 Å². The van der Waals surface area contributed by atoms with Crippen molar-refractivity contribution in [1.82, 2.24) is 0 Å². The first kappa shape index (κ1) is 12.8. The third kappa shape index (κ3) is 3.66. The molecule has 3 nitrogen and oxygen atoms in total. The Labute approximate surface area is 71.4 Å². The average molecular weight is 230 g/mol. The Morgan fingerprint density at radius 3 is 1.79 bits per heavy atom. The maximum Gasteiger partial charge on any atom is 0.517 e. The lowest BCUT2D eigenvalue weighted by molar-refractivity contribution is -0.376. The number of hydrogen-bond acceptors (Lipinski definition) is 3. The molecule has 0 aromatic rings. The minimum atomic E-state index is -6.19. The van der Waals surface area contributed by atoms with Crippen LogP contribution in [0.4, 0.5) is 35.5 Å². The molecule has 0 aliphatic heterocycles. The minimum absolute atomic E-state index is 2.31. The van der Waals surface area contributed by atoms with Crippen LogP contribution >= 0.6 is 0 Å². The second kappa shape index (κ2) is 3.88. The summed E-state index contributed by atoms with van der Waals surface area (Å²) in [6.45, 7) is -3.84. The van der Waals surface area contributed by atoms with Crippen molar-refractivity contribution in [2.45, 2.75) is 18.9 Å². The molecule has 0 spiro atoms. The molecule has 0 atom stereocenters. The van der Waals surface area contributed by atoms with Crippen LogP contribution in [0.2, 0.25) is 0 Å². The van der Waals surface area contributed by atoms with Gasteiger partial charge in [-0.15, -0.1) is 0 Å². The van der Waals surface area contributed by atoms with Crippen molar-refractivity contribution in [2.75, 3.05) is 0 Å². The van der Waals surface area contributed by atoms with Crippen molar-refractivity contribution >= 4 is 6.16 Å². The normalized spacial score (nSPS) is 12.9. The van der Waals surface area contributed by atoms with Gasteiger partial charge in [-0.2, -0.15) is 30.7 Å². The molecule has 0 amide bonds. The fourth-order valence-electron chi connectivity index (χ4n) is 0.259. The molecule has 0 heterocycles. The quantitative estimate of drug-likeness (QED) is 0.540. The highest BCUT2D eigenvalue weighted by Gasteiger charge is 2.62. The fraction of sp³-hybridized carbons (Fsp3) is 0.750. The molecule has 0 N–H and O–H groups in total. The molecule has 84 valence electrons. The van der Waals surface area contributed by atoms with Crippen molar-refractivity contribution in [3.05, 3.63) is 0 Å². The monoisotopic (exact) mass is 230 g/mol. The lowest BCUT2D eigenvalue weighted by Crippen LogP contribution is -2.41. The van der Waals surface area contributed by atoms with Gasteiger partial charge in [0.15, 0.2) is 0 Å². The van der Waals surface area contributed by atoms with E-state index >= 15 is 0 Å². The van der Waals surface area contributed by atoms with Crippen LogP contribution in [0.1, 0.15) is 0 Å². The van der Waals surface area contributed by atoms with Gasteiger partial charge in [0.2, 0.25) is 0 Å². The van der Waals surface area contributed by atoms with Gasteiger partial charge in [-0.1, -0.05) is 0 Å². The zero-order valence-electron chi connectivity index (χ0n) is 5.95. The van der Waals surface area contributed by atoms with Gasteiger partial charge in [0.05, 0.1) is 0 Å². The SMILES string of the molecule is O=C(OC(F)F)OC(F)(F)C(F)(F)F. The highest BCUT2D eigenvalue weighted by Crippen LogP contribution is 2.36. The Balaban J connectivity index is 4.30. The van der Waals surface area contributed by atoms with E-state index in [1.54, 1.807) is 0 Å². The topological polar surface area (TPSA) is 35.5 Å². The first-order valence-corrected chi connectivity index (χ1v) is 2.68. The van der Waals surface area contributed by atoms with Crippen LogP contribution in [-0.2, 0) is 9.47 Å². The zero-order chi connectivity index (χ0) is 11.6. The first-order valence-electron chi connectivity index (χ1n) is 2.68. The van der Waals surface area contributed by atoms with Crippen LogP contribution in [-0.4, -0.2) is 25.1 Å². The molecule has 0 fully saturated rings. The van der Waals surface area contributed by atoms with Crippen molar-refractivity contribution < 1.29 is 45.0 Å². The lowest BCUT2D eigenvalue weighted by atomic mass is 10.6. The van der Waals surface area contributed by atoms with Crippen LogP contribution in [0.15, 0.2) is 0 Å². The summed E-state index contributed by atoms with van der Waals surface area (Å²) in [6.07, 6.45) is -14.9. The van der Waals surface area contributed by atoms with E-state index in [4.69, 9.17) is 0 Å². The van der Waals surface area contributed by atoms with E-state index in [2.05, 4.69) is 9.47 Å². The molecule has 14 heavy (non-hydrogen) atoms. The van der Waals surface area contributed by atoms with Crippen molar-refractivity contribution in [3.63, 3.8) is 0 Å². The van der Waals surface area contributed by atoms with Gasteiger partial charge < -0.3 is 9.47 Å². The van der Waals surface area contributed by atoms with Gasteiger partial charge in [0, 0.05) is 0 Å². The summed E-state index contributed by atoms with van der Waals surface area (Å²) >= 11 is 0. The Morgan fingerprint density at radius 2 is 1.50 bits per heavy atom. The predicted octanol–water partition coefficient (Wildman–Crippen LogP) is 2.52. The molecule has 0 aliphatic carbocycles. The van der Waals surface area contributed by atoms with Gasteiger partial charge in [-0.3, -0.25) is 0 Å². The summed E-state index contributed by atoms with van der Waals surface area (Å²) < 4.78 is 84.4. The smallest absolute Gasteiger partial charge is 0.370 e. The number of halogens is 7. The van der Waals surface area contributed by atoms with Crippen molar-refractivity contribution in [1.29, 1.82) is 0 Å². The van der Waals surface area contributed by atoms with Crippen LogP contribution < -0.4 is 0 Å². The number of ether oxygens (including phenoxy) is 2. The molecule has 0 saturated carbocycles. The lowest BCUT2D eigenvalue weighted by Gasteiger charge is -2.17. The Morgan fingerprint density at radius 1 is 1.07 bits per heavy atom. The molecule has 0 rings (SSSR count). The van der Waals surface area contributed by atoms with Crippen LogP contribution in [0.25, 0.3) is 0 Å². The predicted molar refractivity (Wildman–Crippen MR) is 24.6 cm³/mol. The van der Waals surface area contributed by atoms with Gasteiger partial charge in [0.1, 0.15) is 0 Å². The molecule has 0 aliphatic rings. The Bertz CT molecular complexity index is 209. The molecule has 10 heteroatoms. The zero-order valence-corrected chi connectivity index (χ0v) is 5.95. The summed E-state index contributed by atoms with van der Waals surface area (Å²) in [7, 11) is 0. The average Bonchev–Trinajstić information content (AvgIpc) is 1.79. The highest BCUT2D eigenvalue weighted by molar-refractivity contribution is 5.60. The first-order chi connectivity index (χ1) is 6.06. The molecule has 0 unspecified atom stereocenters. The second-order valence-electron chi connectivity index (χ2n) is 1.75. The van der Waals surface area contributed by atoms with Crippen molar-refractivity contribution in [2.24, 2.45) is 0 Å². The van der Waals surface area contributed by atoms with Gasteiger partial charge in [0.25, 0.3) is 0 Å². The number of carbonyl (C=O) groups excluding carboxylic acids is 1. The van der Waals surface area contributed by atoms with E-state index in [0.717, 1.165) is 0 Å². The summed E-state index contributed by atoms with van der Waals surface area (Å²) in [5.41, 5.74) is 0. The van der Waals surface area contributed by atoms with Crippen molar-refractivity contribution in [3.8, 4) is 0 Å². The highest BCUT2D eigenvalue weighted by atomic mass is 19.4. The van der Waals surface area contributed by atoms with Gasteiger partial charge in [-0.25, -0.2) is 4.79 Å². The van der Waals surface area contributed by atoms with Crippen LogP contribution in [0.3, 0.4) is 0 Å². The summed E-state index contributed by atoms with van der Waals surface area (Å²) in [5.74, 6) is 0. The number of alkyl halides is 7. The Kier molecular flexibility index (Phi) is 3.54. The fourth-order valence-corrected chi connectivity index (χ4v) is 0.259. The summed E-state index contributed by atoms with van der Waals surface area (Å²) in [4.78, 5) is 9.81. The second-order valence-corrected chi connectivity index (χ2v) is 1.75. The number of rotatable bonds is 2. The van der Waals surface area contributed by atoms with Crippen LogP contribution in [0, 0.1) is 0 Å². The number of carbonyl (C=O) groups is 1. The van der Waals surface area contributed by atoms with E-state index in [-0.39, 0.29) is 0 Å².